The van der Waals surface area contributed by atoms with Crippen molar-refractivity contribution in [3.05, 3.63) is 17.5 Å². The molecule has 0 saturated carbocycles. The molecule has 0 unspecified atom stereocenters. The third-order valence-corrected chi connectivity index (χ3v) is 2.16. The van der Waals surface area contributed by atoms with E-state index in [0.717, 1.165) is 10.7 Å². The van der Waals surface area contributed by atoms with Gasteiger partial charge in [-0.25, -0.2) is 0 Å². The molecule has 7 heteroatoms. The SMILES string of the molecule is CC(C)n1nc(CCC(=O)O)cc1C(F)(F)F. The zero-order valence-electron chi connectivity index (χ0n) is 9.45. The Morgan fingerprint density at radius 2 is 2.12 bits per heavy atom. The van der Waals surface area contributed by atoms with E-state index in [2.05, 4.69) is 5.10 Å². The van der Waals surface area contributed by atoms with Crippen LogP contribution in [0.25, 0.3) is 0 Å². The van der Waals surface area contributed by atoms with Gasteiger partial charge in [-0.3, -0.25) is 9.48 Å². The molecule has 0 aromatic carbocycles. The molecule has 0 atom stereocenters. The lowest BCUT2D eigenvalue weighted by Gasteiger charge is -2.12. The van der Waals surface area contributed by atoms with Crippen molar-refractivity contribution in [2.24, 2.45) is 0 Å². The lowest BCUT2D eigenvalue weighted by molar-refractivity contribution is -0.144. The molecule has 1 N–H and O–H groups in total. The summed E-state index contributed by atoms with van der Waals surface area (Å²) in [6.45, 7) is 3.17. The van der Waals surface area contributed by atoms with E-state index < -0.39 is 23.9 Å². The van der Waals surface area contributed by atoms with Crippen molar-refractivity contribution in [2.75, 3.05) is 0 Å². The molecule has 1 heterocycles. The normalized spacial score (nSPS) is 12.1. The van der Waals surface area contributed by atoms with Crippen LogP contribution in [0.1, 0.15) is 37.7 Å². The number of hydrogen-bond donors (Lipinski definition) is 1. The molecule has 0 radical (unpaired) electrons. The minimum atomic E-state index is -4.47. The average Bonchev–Trinajstić information content (AvgIpc) is 2.57. The molecule has 4 nitrogen and oxygen atoms in total. The predicted molar refractivity (Wildman–Crippen MR) is 53.6 cm³/mol. The second kappa shape index (κ2) is 4.77. The molecule has 1 aromatic rings. The van der Waals surface area contributed by atoms with Gasteiger partial charge in [0.25, 0.3) is 0 Å². The van der Waals surface area contributed by atoms with Gasteiger partial charge < -0.3 is 5.11 Å². The number of aromatic nitrogens is 2. The van der Waals surface area contributed by atoms with E-state index >= 15 is 0 Å². The fourth-order valence-electron chi connectivity index (χ4n) is 1.41. The van der Waals surface area contributed by atoms with Gasteiger partial charge in [0, 0.05) is 12.5 Å². The summed E-state index contributed by atoms with van der Waals surface area (Å²) in [6, 6.07) is 0.480. The number of aryl methyl sites for hydroxylation is 1. The number of hydrogen-bond acceptors (Lipinski definition) is 2. The average molecular weight is 250 g/mol. The fourth-order valence-corrected chi connectivity index (χ4v) is 1.41. The first-order chi connectivity index (χ1) is 7.71. The van der Waals surface area contributed by atoms with E-state index in [0.29, 0.717) is 0 Å². The molecule has 0 aliphatic rings. The van der Waals surface area contributed by atoms with Gasteiger partial charge in [-0.1, -0.05) is 0 Å². The highest BCUT2D eigenvalue weighted by molar-refractivity contribution is 5.66. The summed E-state index contributed by atoms with van der Waals surface area (Å²) in [6.07, 6.45) is -4.71. The van der Waals surface area contributed by atoms with Gasteiger partial charge in [0.05, 0.1) is 12.1 Å². The van der Waals surface area contributed by atoms with Crippen LogP contribution >= 0.6 is 0 Å². The van der Waals surface area contributed by atoms with Crippen molar-refractivity contribution >= 4 is 5.97 Å². The van der Waals surface area contributed by atoms with Gasteiger partial charge in [-0.15, -0.1) is 0 Å². The molecule has 1 rings (SSSR count). The quantitative estimate of drug-likeness (QED) is 0.893. The Morgan fingerprint density at radius 1 is 1.53 bits per heavy atom. The minimum Gasteiger partial charge on any atom is -0.481 e. The van der Waals surface area contributed by atoms with Gasteiger partial charge in [0.15, 0.2) is 0 Å². The largest absolute Gasteiger partial charge is 0.481 e. The second-order valence-corrected chi connectivity index (χ2v) is 3.95. The summed E-state index contributed by atoms with van der Waals surface area (Å²) in [5.74, 6) is -1.06. The first-order valence-corrected chi connectivity index (χ1v) is 5.09. The first-order valence-electron chi connectivity index (χ1n) is 5.09. The van der Waals surface area contributed by atoms with E-state index in [9.17, 15) is 18.0 Å². The molecule has 0 aliphatic carbocycles. The predicted octanol–water partition coefficient (Wildman–Crippen LogP) is 2.50. The molecule has 0 saturated heterocycles. The molecule has 0 amide bonds. The van der Waals surface area contributed by atoms with Crippen LogP contribution in [0.3, 0.4) is 0 Å². The van der Waals surface area contributed by atoms with E-state index in [1.807, 2.05) is 0 Å². The lowest BCUT2D eigenvalue weighted by Crippen LogP contribution is -2.16. The summed E-state index contributed by atoms with van der Waals surface area (Å²) in [5, 5.41) is 12.2. The smallest absolute Gasteiger partial charge is 0.433 e. The third-order valence-electron chi connectivity index (χ3n) is 2.16. The molecule has 0 spiro atoms. The van der Waals surface area contributed by atoms with Gasteiger partial charge >= 0.3 is 12.1 Å². The first kappa shape index (κ1) is 13.5. The molecule has 1 aromatic heterocycles. The van der Waals surface area contributed by atoms with Crippen LogP contribution in [0.5, 0.6) is 0 Å². The highest BCUT2D eigenvalue weighted by Gasteiger charge is 2.36. The van der Waals surface area contributed by atoms with Crippen molar-refractivity contribution in [3.8, 4) is 0 Å². The van der Waals surface area contributed by atoms with Gasteiger partial charge in [0.2, 0.25) is 0 Å². The number of halogens is 3. The summed E-state index contributed by atoms with van der Waals surface area (Å²) in [7, 11) is 0. The van der Waals surface area contributed by atoms with Crippen molar-refractivity contribution in [1.29, 1.82) is 0 Å². The maximum absolute atomic E-state index is 12.6. The van der Waals surface area contributed by atoms with Crippen molar-refractivity contribution < 1.29 is 23.1 Å². The van der Waals surface area contributed by atoms with E-state index in [-0.39, 0.29) is 18.5 Å². The number of carbonyl (C=O) groups is 1. The number of carboxylic acids is 1. The van der Waals surface area contributed by atoms with Gasteiger partial charge in [-0.2, -0.15) is 18.3 Å². The summed E-state index contributed by atoms with van der Waals surface area (Å²) in [5.41, 5.74) is -0.693. The Morgan fingerprint density at radius 3 is 2.47 bits per heavy atom. The Bertz CT molecular complexity index is 410. The number of nitrogens with zero attached hydrogens (tertiary/aromatic N) is 2. The number of carboxylic acid groups (broad SMARTS) is 1. The minimum absolute atomic E-state index is 0.00185. The third kappa shape index (κ3) is 3.47. The summed E-state index contributed by atoms with van der Waals surface area (Å²) < 4.78 is 38.8. The van der Waals surface area contributed by atoms with Gasteiger partial charge in [-0.05, 0) is 19.9 Å². The molecular weight excluding hydrogens is 237 g/mol. The maximum atomic E-state index is 12.6. The van der Waals surface area contributed by atoms with E-state index in [1.165, 1.54) is 0 Å². The van der Waals surface area contributed by atoms with Crippen LogP contribution < -0.4 is 0 Å². The van der Waals surface area contributed by atoms with E-state index in [1.54, 1.807) is 13.8 Å². The van der Waals surface area contributed by atoms with Crippen LogP contribution in [0.15, 0.2) is 6.07 Å². The van der Waals surface area contributed by atoms with Crippen LogP contribution in [0, 0.1) is 0 Å². The Balaban J connectivity index is 3.00. The van der Waals surface area contributed by atoms with E-state index in [4.69, 9.17) is 5.11 Å². The topological polar surface area (TPSA) is 55.1 Å². The van der Waals surface area contributed by atoms with Crippen LogP contribution in [-0.2, 0) is 17.4 Å². The van der Waals surface area contributed by atoms with Crippen LogP contribution in [0.4, 0.5) is 13.2 Å². The van der Waals surface area contributed by atoms with Crippen molar-refractivity contribution in [2.45, 2.75) is 38.9 Å². The Labute approximate surface area is 96.0 Å². The zero-order valence-corrected chi connectivity index (χ0v) is 9.45. The van der Waals surface area contributed by atoms with Crippen LogP contribution in [0.2, 0.25) is 0 Å². The molecule has 0 aliphatic heterocycles. The maximum Gasteiger partial charge on any atom is 0.433 e. The molecule has 96 valence electrons. The number of rotatable bonds is 4. The second-order valence-electron chi connectivity index (χ2n) is 3.95. The molecule has 0 bridgehead atoms. The Kier molecular flexibility index (Phi) is 3.79. The highest BCUT2D eigenvalue weighted by Crippen LogP contribution is 2.31. The van der Waals surface area contributed by atoms with Crippen molar-refractivity contribution in [3.63, 3.8) is 0 Å². The standard InChI is InChI=1S/C10H13F3N2O2/c1-6(2)15-8(10(11,12)13)5-7(14-15)3-4-9(16)17/h5-6H,3-4H2,1-2H3,(H,16,17). The highest BCUT2D eigenvalue weighted by atomic mass is 19.4. The van der Waals surface area contributed by atoms with Gasteiger partial charge in [0.1, 0.15) is 5.69 Å². The lowest BCUT2D eigenvalue weighted by atomic mass is 10.2. The number of alkyl halides is 3. The zero-order chi connectivity index (χ0) is 13.2. The molecular formula is C10H13F3N2O2. The molecule has 17 heavy (non-hydrogen) atoms. The summed E-state index contributed by atoms with van der Waals surface area (Å²) >= 11 is 0. The molecule has 0 fully saturated rings. The van der Waals surface area contributed by atoms with Crippen LogP contribution in [-0.4, -0.2) is 20.9 Å². The summed E-state index contributed by atoms with van der Waals surface area (Å²) in [4.78, 5) is 10.3. The Hall–Kier alpha value is -1.53. The fraction of sp³-hybridized carbons (Fsp3) is 0.600. The van der Waals surface area contributed by atoms with Crippen molar-refractivity contribution in [1.82, 2.24) is 9.78 Å². The monoisotopic (exact) mass is 250 g/mol. The number of aliphatic carboxylic acids is 1.